The zero-order valence-electron chi connectivity index (χ0n) is 14.0. The van der Waals surface area contributed by atoms with Gasteiger partial charge in [-0.2, -0.15) is 0 Å². The molecular formula is C20H21FN2O2. The van der Waals surface area contributed by atoms with Gasteiger partial charge >= 0.3 is 0 Å². The summed E-state index contributed by atoms with van der Waals surface area (Å²) in [6.07, 6.45) is 4.01. The van der Waals surface area contributed by atoms with Crippen molar-refractivity contribution in [3.8, 4) is 5.75 Å². The Balaban J connectivity index is 1.67. The van der Waals surface area contributed by atoms with E-state index in [1.807, 2.05) is 6.07 Å². The summed E-state index contributed by atoms with van der Waals surface area (Å²) >= 11 is 0. The first kappa shape index (κ1) is 16.1. The molecule has 1 N–H and O–H groups in total. The minimum Gasteiger partial charge on any atom is -0.507 e. The zero-order chi connectivity index (χ0) is 17.2. The van der Waals surface area contributed by atoms with Gasteiger partial charge in [-0.25, -0.2) is 4.39 Å². The first-order chi connectivity index (χ1) is 12.2. The van der Waals surface area contributed by atoms with Crippen LogP contribution in [0.4, 0.5) is 4.39 Å². The van der Waals surface area contributed by atoms with Crippen LogP contribution in [0.25, 0.3) is 11.0 Å². The summed E-state index contributed by atoms with van der Waals surface area (Å²) in [5, 5.41) is 15.3. The number of likely N-dealkylation sites (tertiary alicyclic amines) is 1. The van der Waals surface area contributed by atoms with Crippen LogP contribution in [-0.4, -0.2) is 28.3 Å². The van der Waals surface area contributed by atoms with Crippen molar-refractivity contribution in [2.24, 2.45) is 0 Å². The molecular weight excluding hydrogens is 319 g/mol. The molecule has 0 radical (unpaired) electrons. The van der Waals surface area contributed by atoms with Crippen LogP contribution in [0.2, 0.25) is 0 Å². The third-order valence-corrected chi connectivity index (χ3v) is 4.94. The molecule has 1 fully saturated rings. The lowest BCUT2D eigenvalue weighted by Crippen LogP contribution is -2.29. The normalized spacial score (nSPS) is 15.7. The van der Waals surface area contributed by atoms with Crippen molar-refractivity contribution in [3.05, 3.63) is 59.0 Å². The molecule has 25 heavy (non-hydrogen) atoms. The lowest BCUT2D eigenvalue weighted by molar-refractivity contribution is 0.218. The van der Waals surface area contributed by atoms with E-state index in [1.165, 1.54) is 25.3 Å². The van der Waals surface area contributed by atoms with Crippen LogP contribution in [0.5, 0.6) is 5.75 Å². The van der Waals surface area contributed by atoms with E-state index in [1.54, 1.807) is 24.3 Å². The van der Waals surface area contributed by atoms with Crippen molar-refractivity contribution in [1.29, 1.82) is 0 Å². The fourth-order valence-corrected chi connectivity index (χ4v) is 3.54. The van der Waals surface area contributed by atoms with Crippen LogP contribution in [0, 0.1) is 5.82 Å². The number of piperidine rings is 1. The monoisotopic (exact) mass is 340 g/mol. The van der Waals surface area contributed by atoms with E-state index in [-0.39, 0.29) is 11.6 Å². The summed E-state index contributed by atoms with van der Waals surface area (Å²) in [5.41, 5.74) is 2.66. The Labute approximate surface area is 145 Å². The fraction of sp³-hybridized carbons (Fsp3) is 0.350. The smallest absolute Gasteiger partial charge is 0.175 e. The molecule has 0 aliphatic carbocycles. The van der Waals surface area contributed by atoms with E-state index in [0.717, 1.165) is 24.0 Å². The number of hydrogen-bond donors (Lipinski definition) is 1. The number of halogens is 1. The fourth-order valence-electron chi connectivity index (χ4n) is 3.54. The molecule has 0 spiro atoms. The van der Waals surface area contributed by atoms with Crippen molar-refractivity contribution >= 4 is 11.0 Å². The van der Waals surface area contributed by atoms with E-state index < -0.39 is 0 Å². The highest BCUT2D eigenvalue weighted by molar-refractivity contribution is 5.84. The van der Waals surface area contributed by atoms with Crippen molar-refractivity contribution in [2.45, 2.75) is 32.2 Å². The van der Waals surface area contributed by atoms with E-state index in [4.69, 9.17) is 4.52 Å². The Bertz CT molecular complexity index is 885. The summed E-state index contributed by atoms with van der Waals surface area (Å²) in [5.74, 6) is -0.0161. The quantitative estimate of drug-likeness (QED) is 0.771. The minimum absolute atomic E-state index is 0.228. The molecule has 3 aromatic rings. The van der Waals surface area contributed by atoms with Crippen LogP contribution in [0.15, 0.2) is 40.9 Å². The van der Waals surface area contributed by atoms with Crippen LogP contribution in [0.1, 0.15) is 36.1 Å². The molecule has 1 aliphatic heterocycles. The number of phenols is 1. The molecule has 2 heterocycles. The van der Waals surface area contributed by atoms with Gasteiger partial charge in [-0.3, -0.25) is 4.90 Å². The van der Waals surface area contributed by atoms with Gasteiger partial charge in [-0.1, -0.05) is 29.8 Å². The second-order valence-electron chi connectivity index (χ2n) is 6.67. The van der Waals surface area contributed by atoms with Crippen molar-refractivity contribution < 1.29 is 14.0 Å². The number of aromatic hydroxyl groups is 1. The van der Waals surface area contributed by atoms with Crippen LogP contribution in [-0.2, 0) is 13.0 Å². The summed E-state index contributed by atoms with van der Waals surface area (Å²) in [7, 11) is 0. The standard InChI is InChI=1S/C20H21FN2O2/c21-17-7-3-2-6-14(17)12-18-15-8-9-19(24)16(20(15)25-22-18)13-23-10-4-1-5-11-23/h2-3,6-9,24H,1,4-5,10-13H2. The summed E-state index contributed by atoms with van der Waals surface area (Å²) in [6, 6.07) is 10.2. The van der Waals surface area contributed by atoms with Crippen LogP contribution in [0.3, 0.4) is 0 Å². The number of benzene rings is 2. The van der Waals surface area contributed by atoms with Gasteiger partial charge in [0.25, 0.3) is 0 Å². The molecule has 4 nitrogen and oxygen atoms in total. The second-order valence-corrected chi connectivity index (χ2v) is 6.67. The average molecular weight is 340 g/mol. The van der Waals surface area contributed by atoms with Crippen LogP contribution >= 0.6 is 0 Å². The topological polar surface area (TPSA) is 49.5 Å². The molecule has 1 saturated heterocycles. The average Bonchev–Trinajstić information content (AvgIpc) is 3.03. The molecule has 1 aromatic heterocycles. The predicted octanol–water partition coefficient (Wildman–Crippen LogP) is 4.25. The van der Waals surface area contributed by atoms with Gasteiger partial charge in [-0.15, -0.1) is 0 Å². The van der Waals surface area contributed by atoms with Crippen molar-refractivity contribution in [2.75, 3.05) is 13.1 Å². The molecule has 1 aliphatic rings. The van der Waals surface area contributed by atoms with Gasteiger partial charge in [0.2, 0.25) is 0 Å². The summed E-state index contributed by atoms with van der Waals surface area (Å²) < 4.78 is 19.5. The molecule has 4 rings (SSSR count). The molecule has 0 bridgehead atoms. The first-order valence-electron chi connectivity index (χ1n) is 8.77. The Morgan fingerprint density at radius 3 is 2.68 bits per heavy atom. The lowest BCUT2D eigenvalue weighted by atomic mass is 10.0. The minimum atomic E-state index is -0.244. The molecule has 5 heteroatoms. The number of nitrogens with zero attached hydrogens (tertiary/aromatic N) is 2. The maximum absolute atomic E-state index is 13.9. The third-order valence-electron chi connectivity index (χ3n) is 4.94. The maximum atomic E-state index is 13.9. The highest BCUT2D eigenvalue weighted by Crippen LogP contribution is 2.32. The Morgan fingerprint density at radius 1 is 1.08 bits per heavy atom. The second kappa shape index (κ2) is 6.84. The number of hydrogen-bond acceptors (Lipinski definition) is 4. The highest BCUT2D eigenvalue weighted by Gasteiger charge is 2.20. The Kier molecular flexibility index (Phi) is 4.40. The molecule has 0 unspecified atom stereocenters. The van der Waals surface area contributed by atoms with Crippen LogP contribution < -0.4 is 0 Å². The van der Waals surface area contributed by atoms with Gasteiger partial charge in [0.1, 0.15) is 11.6 Å². The molecule has 2 aromatic carbocycles. The number of aromatic nitrogens is 1. The van der Waals surface area contributed by atoms with Gasteiger partial charge in [0.15, 0.2) is 5.58 Å². The largest absolute Gasteiger partial charge is 0.507 e. The maximum Gasteiger partial charge on any atom is 0.175 e. The van der Waals surface area contributed by atoms with Gasteiger partial charge < -0.3 is 9.63 Å². The molecule has 0 saturated carbocycles. The van der Waals surface area contributed by atoms with Crippen molar-refractivity contribution in [1.82, 2.24) is 10.1 Å². The Morgan fingerprint density at radius 2 is 1.88 bits per heavy atom. The van der Waals surface area contributed by atoms with E-state index in [2.05, 4.69) is 10.1 Å². The molecule has 0 amide bonds. The molecule has 0 atom stereocenters. The van der Waals surface area contributed by atoms with E-state index >= 15 is 0 Å². The van der Waals surface area contributed by atoms with Gasteiger partial charge in [0, 0.05) is 18.4 Å². The zero-order valence-corrected chi connectivity index (χ0v) is 14.0. The molecule has 130 valence electrons. The number of phenolic OH excluding ortho intramolecular Hbond substituents is 1. The predicted molar refractivity (Wildman–Crippen MR) is 94.0 cm³/mol. The van der Waals surface area contributed by atoms with Gasteiger partial charge in [0.05, 0.1) is 11.3 Å². The van der Waals surface area contributed by atoms with Crippen molar-refractivity contribution in [3.63, 3.8) is 0 Å². The van der Waals surface area contributed by atoms with E-state index in [9.17, 15) is 9.50 Å². The lowest BCUT2D eigenvalue weighted by Gasteiger charge is -2.26. The van der Waals surface area contributed by atoms with Gasteiger partial charge in [-0.05, 0) is 49.7 Å². The summed E-state index contributed by atoms with van der Waals surface area (Å²) in [4.78, 5) is 2.33. The number of fused-ring (bicyclic) bond motifs is 1. The highest BCUT2D eigenvalue weighted by atomic mass is 19.1. The first-order valence-corrected chi connectivity index (χ1v) is 8.77. The van der Waals surface area contributed by atoms with E-state index in [0.29, 0.717) is 29.8 Å². The SMILES string of the molecule is Oc1ccc2c(Cc3ccccc3F)noc2c1CN1CCCCC1. The Hall–Kier alpha value is -2.40. The summed E-state index contributed by atoms with van der Waals surface area (Å²) in [6.45, 7) is 2.72. The third kappa shape index (κ3) is 3.24. The number of rotatable bonds is 4.